The number of aromatic nitrogens is 3. The highest BCUT2D eigenvalue weighted by atomic mass is 28.3. The molecule has 4 saturated carbocycles. The molecule has 0 aliphatic heterocycles. The first kappa shape index (κ1) is 75.4. The lowest BCUT2D eigenvalue weighted by molar-refractivity contribution is -0.659. The normalized spacial score (nSPS) is 16.9. The minimum Gasteiger partial charge on any atom is -0.200 e. The molecule has 532 valence electrons. The molecule has 13 rings (SSSR count). The predicted octanol–water partition coefficient (Wildman–Crippen LogP) is 24.6. The number of pyridine rings is 3. The third-order valence-corrected chi connectivity index (χ3v) is 44.2. The van der Waals surface area contributed by atoms with Gasteiger partial charge in [-0.15, -0.1) is 0 Å². The van der Waals surface area contributed by atoms with Crippen LogP contribution < -0.4 is 29.3 Å². The van der Waals surface area contributed by atoms with Crippen LogP contribution in [0.1, 0.15) is 259 Å². The summed E-state index contributed by atoms with van der Waals surface area (Å²) in [7, 11) is 1.94. The molecular weight excluding hydrogens is 1260 g/mol. The van der Waals surface area contributed by atoms with E-state index in [4.69, 9.17) is 0 Å². The van der Waals surface area contributed by atoms with Gasteiger partial charge in [0.05, 0.1) is 51.5 Å². The van der Waals surface area contributed by atoms with E-state index >= 15 is 0 Å². The Kier molecular flexibility index (Phi) is 22.7. The van der Waals surface area contributed by atoms with E-state index in [1.807, 2.05) is 0 Å². The Morgan fingerprint density at radius 3 is 0.970 bits per heavy atom. The van der Waals surface area contributed by atoms with Crippen LogP contribution in [-0.2, 0) is 21.1 Å². The van der Waals surface area contributed by atoms with Gasteiger partial charge >= 0.3 is 0 Å². The fourth-order valence-corrected chi connectivity index (χ4v) is 23.1. The van der Waals surface area contributed by atoms with E-state index in [9.17, 15) is 0 Å². The van der Waals surface area contributed by atoms with Crippen LogP contribution >= 0.6 is 0 Å². The van der Waals surface area contributed by atoms with E-state index in [1.54, 1.807) is 32.3 Å². The Balaban J connectivity index is 0.000000152. The summed E-state index contributed by atoms with van der Waals surface area (Å²) in [6, 6.07) is 46.5. The second kappa shape index (κ2) is 30.1. The van der Waals surface area contributed by atoms with E-state index in [0.29, 0.717) is 15.1 Å². The second-order valence-corrected chi connectivity index (χ2v) is 53.0. The number of hydrogen-bond acceptors (Lipinski definition) is 0. The monoisotopic (exact) mass is 1390 g/mol. The third-order valence-electron chi connectivity index (χ3n) is 27.7. The fourth-order valence-electron chi connectivity index (χ4n) is 17.5. The smallest absolute Gasteiger partial charge is 0.200 e. The largest absolute Gasteiger partial charge is 0.220 e. The van der Waals surface area contributed by atoms with Crippen LogP contribution in [0, 0.1) is 27.7 Å². The number of rotatable bonds is 10. The summed E-state index contributed by atoms with van der Waals surface area (Å²) in [6.45, 7) is 46.1. The van der Waals surface area contributed by atoms with Gasteiger partial charge in [-0.25, -0.2) is 13.7 Å². The molecule has 4 aliphatic rings. The quantitative estimate of drug-likeness (QED) is 0.0955. The highest BCUT2D eigenvalue weighted by molar-refractivity contribution is 6.93. The van der Waals surface area contributed by atoms with Crippen molar-refractivity contribution in [2.45, 2.75) is 296 Å². The first-order valence-electron chi connectivity index (χ1n) is 39.8. The first-order chi connectivity index (χ1) is 47.2. The summed E-state index contributed by atoms with van der Waals surface area (Å²) in [4.78, 5) is 0. The average Bonchev–Trinajstić information content (AvgIpc) is 0.761. The van der Waals surface area contributed by atoms with E-state index in [-0.39, 0.29) is 0 Å². The molecular formula is C94H132N3Si3+3. The van der Waals surface area contributed by atoms with Crippen LogP contribution in [0.3, 0.4) is 0 Å². The zero-order valence-electron chi connectivity index (χ0n) is 67.0. The van der Waals surface area contributed by atoms with Crippen LogP contribution in [0.5, 0.6) is 0 Å². The molecule has 0 N–H and O–H groups in total. The standard InChI is InChI=1S/C35H50NSi.C30H42NSi.C29H40NSi/c1-25-32(27-16-12-9-13-17-27)23-29(26-14-10-8-11-15-26)24-33(25)34-31-19-18-30(37(6,7)35(2,3)4)22-28(31)20-21-36(34)5;1-21-18-25(23-12-10-9-11-13-23)20-28(22(21)2)29-27-15-14-26(32(7,8)30(3,4)5)19-24(27)16-17-31(29)6;1-21-13-14-23(22-11-9-8-10-12-22)20-27(21)28-26-16-15-25(31(6,7)29(2,3)4)19-24(26)17-18-30(28)5/h18-24,26-27H,8-17H2,1-7H3;14-20,23H,9-13H2,1-8H3;13-20,22H,8-12H2,1-7H3/q3*+1. The molecule has 3 nitrogen and oxygen atoms in total. The SMILES string of the molecule is Cc1c(-c2c3ccc([Si](C)(C)C(C)(C)C)cc3cc[n+]2C)cc(C2CCCCC2)cc1C1CCCCC1.Cc1cc(C2CCCCC2)cc(-c2c3ccc([Si](C)(C)C(C)(C)C)cc3cc[n+]2C)c1C.Cc1ccc(C2CCCCC2)cc1-c1c2ccc([Si](C)(C)C(C)(C)C)cc2cc[n+]1C. The van der Waals surface area contributed by atoms with Gasteiger partial charge in [0, 0.05) is 23.8 Å². The molecule has 4 fully saturated rings. The lowest BCUT2D eigenvalue weighted by atomic mass is 9.76. The van der Waals surface area contributed by atoms with Gasteiger partial charge in [-0.05, 0) is 215 Å². The Morgan fingerprint density at radius 2 is 0.610 bits per heavy atom. The van der Waals surface area contributed by atoms with Crippen molar-refractivity contribution in [2.24, 2.45) is 21.1 Å². The molecule has 6 heteroatoms. The Labute approximate surface area is 611 Å². The van der Waals surface area contributed by atoms with Crippen LogP contribution in [-0.4, -0.2) is 24.2 Å². The lowest BCUT2D eigenvalue weighted by Gasteiger charge is -2.37. The molecule has 0 radical (unpaired) electrons. The molecule has 0 saturated heterocycles. The molecule has 3 heterocycles. The van der Waals surface area contributed by atoms with E-state index in [1.165, 1.54) is 222 Å². The summed E-state index contributed by atoms with van der Waals surface area (Å²) in [6.07, 6.45) is 34.4. The number of aryl methyl sites for hydroxylation is 5. The van der Waals surface area contributed by atoms with Gasteiger partial charge < -0.3 is 0 Å². The molecule has 100 heavy (non-hydrogen) atoms. The van der Waals surface area contributed by atoms with Crippen molar-refractivity contribution in [3.63, 3.8) is 0 Å². The Hall–Kier alpha value is -5.80. The van der Waals surface area contributed by atoms with Crippen molar-refractivity contribution in [1.82, 2.24) is 0 Å². The maximum atomic E-state index is 2.66. The third kappa shape index (κ3) is 15.5. The lowest BCUT2D eigenvalue weighted by Crippen LogP contribution is -2.49. The number of fused-ring (bicyclic) bond motifs is 3. The minimum absolute atomic E-state index is 0.336. The van der Waals surface area contributed by atoms with Gasteiger partial charge in [-0.3, -0.25) is 0 Å². The summed E-state index contributed by atoms with van der Waals surface area (Å²) in [5.74, 6) is 2.94. The van der Waals surface area contributed by atoms with Gasteiger partial charge in [0.15, 0.2) is 18.6 Å². The van der Waals surface area contributed by atoms with E-state index in [2.05, 4.69) is 298 Å². The zero-order chi connectivity index (χ0) is 72.0. The Bertz CT molecular complexity index is 4400. The van der Waals surface area contributed by atoms with Crippen molar-refractivity contribution >= 4 is 72.1 Å². The molecule has 4 aliphatic carbocycles. The summed E-state index contributed by atoms with van der Waals surface area (Å²) < 4.78 is 7.05. The maximum Gasteiger partial charge on any atom is 0.220 e. The molecule has 6 aromatic carbocycles. The van der Waals surface area contributed by atoms with E-state index in [0.717, 1.165) is 23.7 Å². The zero-order valence-corrected chi connectivity index (χ0v) is 70.0. The highest BCUT2D eigenvalue weighted by Gasteiger charge is 2.40. The fraction of sp³-hybridized carbons (Fsp3) is 0.521. The molecule has 0 amide bonds. The van der Waals surface area contributed by atoms with E-state index < -0.39 is 24.2 Å². The molecule has 3 aromatic heterocycles. The average molecular weight is 1390 g/mol. The van der Waals surface area contributed by atoms with Gasteiger partial charge in [0.25, 0.3) is 0 Å². The van der Waals surface area contributed by atoms with Gasteiger partial charge in [0.2, 0.25) is 17.1 Å². The second-order valence-electron chi connectivity index (χ2n) is 37.1. The number of nitrogens with zero attached hydrogens (tertiary/aromatic N) is 3. The van der Waals surface area contributed by atoms with Gasteiger partial charge in [-0.2, -0.15) is 0 Å². The molecule has 0 atom stereocenters. The Morgan fingerprint density at radius 1 is 0.300 bits per heavy atom. The first-order valence-corrected chi connectivity index (χ1v) is 48.8. The van der Waals surface area contributed by atoms with Crippen molar-refractivity contribution in [1.29, 1.82) is 0 Å². The predicted molar refractivity (Wildman–Crippen MR) is 444 cm³/mol. The topological polar surface area (TPSA) is 11.6 Å². The molecule has 9 aromatic rings. The molecule has 0 spiro atoms. The van der Waals surface area contributed by atoms with Crippen molar-refractivity contribution < 1.29 is 13.7 Å². The van der Waals surface area contributed by atoms with Crippen LogP contribution in [0.15, 0.2) is 134 Å². The van der Waals surface area contributed by atoms with Crippen molar-refractivity contribution in [3.05, 3.63) is 178 Å². The van der Waals surface area contributed by atoms with Crippen LogP contribution in [0.25, 0.3) is 66.1 Å². The number of hydrogen-bond donors (Lipinski definition) is 0. The summed E-state index contributed by atoms with van der Waals surface area (Å²) in [5.41, 5.74) is 20.5. The van der Waals surface area contributed by atoms with Gasteiger partial charge in [-0.1, -0.05) is 255 Å². The van der Waals surface area contributed by atoms with Crippen molar-refractivity contribution in [2.75, 3.05) is 0 Å². The minimum atomic E-state index is -1.59. The van der Waals surface area contributed by atoms with Crippen LogP contribution in [0.2, 0.25) is 54.4 Å². The molecule has 0 bridgehead atoms. The maximum absolute atomic E-state index is 2.66. The molecule has 0 unspecified atom stereocenters. The van der Waals surface area contributed by atoms with Crippen LogP contribution in [0.4, 0.5) is 0 Å². The summed E-state index contributed by atoms with van der Waals surface area (Å²) in [5, 5.41) is 14.0. The highest BCUT2D eigenvalue weighted by Crippen LogP contribution is 2.46. The van der Waals surface area contributed by atoms with Crippen molar-refractivity contribution in [3.8, 4) is 33.8 Å². The summed E-state index contributed by atoms with van der Waals surface area (Å²) >= 11 is 0. The van der Waals surface area contributed by atoms with Gasteiger partial charge in [0.1, 0.15) is 21.1 Å². The number of benzene rings is 6.